The molecule has 1 nitrogen and oxygen atoms in total. The highest BCUT2D eigenvalue weighted by Gasteiger charge is 2.34. The Morgan fingerprint density at radius 1 is 1.40 bits per heavy atom. The second-order valence-electron chi connectivity index (χ2n) is 4.05. The molecule has 1 aliphatic heterocycles. The molecule has 1 aromatic carbocycles. The van der Waals surface area contributed by atoms with Gasteiger partial charge in [0.25, 0.3) is 0 Å². The molecule has 1 saturated heterocycles. The monoisotopic (exact) mass is 240 g/mol. The van der Waals surface area contributed by atoms with Crippen LogP contribution in [0, 0.1) is 0 Å². The first-order chi connectivity index (χ1) is 7.21. The molecule has 0 radical (unpaired) electrons. The van der Waals surface area contributed by atoms with E-state index in [0.29, 0.717) is 0 Å². The van der Waals surface area contributed by atoms with Gasteiger partial charge in [-0.05, 0) is 31.1 Å². The van der Waals surface area contributed by atoms with Gasteiger partial charge in [0.05, 0.1) is 4.08 Å². The van der Waals surface area contributed by atoms with Crippen molar-refractivity contribution < 1.29 is 4.21 Å². The van der Waals surface area contributed by atoms with E-state index in [1.54, 1.807) is 0 Å². The van der Waals surface area contributed by atoms with Gasteiger partial charge in [0.1, 0.15) is 0 Å². The van der Waals surface area contributed by atoms with Crippen molar-refractivity contribution in [3.05, 3.63) is 35.9 Å². The quantitative estimate of drug-likeness (QED) is 0.790. The molecule has 2 atom stereocenters. The molecule has 0 amide bonds. The van der Waals surface area contributed by atoms with E-state index < -0.39 is 10.8 Å². The van der Waals surface area contributed by atoms with Gasteiger partial charge in [0.2, 0.25) is 0 Å². The van der Waals surface area contributed by atoms with Crippen LogP contribution in [0.25, 0.3) is 0 Å². The van der Waals surface area contributed by atoms with Gasteiger partial charge >= 0.3 is 0 Å². The van der Waals surface area contributed by atoms with Crippen molar-refractivity contribution in [1.29, 1.82) is 0 Å². The minimum Gasteiger partial charge on any atom is -0.258 e. The molecule has 1 aliphatic rings. The second-order valence-corrected chi connectivity index (χ2v) is 7.90. The van der Waals surface area contributed by atoms with Crippen LogP contribution in [0.1, 0.15) is 18.9 Å². The minimum atomic E-state index is -0.681. The zero-order valence-electron chi connectivity index (χ0n) is 8.94. The average Bonchev–Trinajstić information content (AvgIpc) is 2.24. The van der Waals surface area contributed by atoms with Gasteiger partial charge in [-0.3, -0.25) is 4.21 Å². The first kappa shape index (κ1) is 11.2. The summed E-state index contributed by atoms with van der Waals surface area (Å²) in [7, 11) is -0.681. The van der Waals surface area contributed by atoms with E-state index >= 15 is 0 Å². The Bertz CT molecular complexity index is 350. The lowest BCUT2D eigenvalue weighted by Gasteiger charge is -2.32. The predicted molar refractivity (Wildman–Crippen MR) is 68.6 cm³/mol. The summed E-state index contributed by atoms with van der Waals surface area (Å²) in [5.74, 6) is 2.02. The summed E-state index contributed by atoms with van der Waals surface area (Å²) in [6, 6.07) is 10.4. The van der Waals surface area contributed by atoms with Crippen molar-refractivity contribution in [3.8, 4) is 0 Å². The molecule has 1 fully saturated rings. The molecule has 0 N–H and O–H groups in total. The Hall–Kier alpha value is -0.280. The molecular weight excluding hydrogens is 224 g/mol. The largest absolute Gasteiger partial charge is 0.258 e. The minimum absolute atomic E-state index is 0.0698. The lowest BCUT2D eigenvalue weighted by Crippen LogP contribution is -2.35. The van der Waals surface area contributed by atoms with E-state index in [-0.39, 0.29) is 4.08 Å². The van der Waals surface area contributed by atoms with Crippen LogP contribution in [0.5, 0.6) is 0 Å². The van der Waals surface area contributed by atoms with Crippen LogP contribution in [0.4, 0.5) is 0 Å². The fourth-order valence-corrected chi connectivity index (χ4v) is 5.22. The Kier molecular flexibility index (Phi) is 3.52. The molecule has 0 aromatic heterocycles. The van der Waals surface area contributed by atoms with Crippen LogP contribution >= 0.6 is 11.8 Å². The highest BCUT2D eigenvalue weighted by atomic mass is 32.2. The second kappa shape index (κ2) is 4.71. The van der Waals surface area contributed by atoms with Crippen LogP contribution in [0.15, 0.2) is 30.3 Å². The fourth-order valence-electron chi connectivity index (χ4n) is 1.86. The maximum Gasteiger partial charge on any atom is 0.0920 e. The van der Waals surface area contributed by atoms with Gasteiger partial charge in [-0.2, -0.15) is 0 Å². The van der Waals surface area contributed by atoms with Gasteiger partial charge in [-0.1, -0.05) is 30.3 Å². The molecular formula is C12H16OS2. The Labute approximate surface area is 98.1 Å². The zero-order valence-corrected chi connectivity index (χ0v) is 10.6. The third-order valence-corrected chi connectivity index (χ3v) is 6.66. The van der Waals surface area contributed by atoms with Crippen molar-refractivity contribution in [2.75, 3.05) is 11.5 Å². The molecule has 0 spiro atoms. The molecule has 3 heteroatoms. The van der Waals surface area contributed by atoms with Gasteiger partial charge < -0.3 is 0 Å². The summed E-state index contributed by atoms with van der Waals surface area (Å²) >= 11 is 1.87. The fraction of sp³-hybridized carbons (Fsp3) is 0.500. The van der Waals surface area contributed by atoms with Crippen molar-refractivity contribution in [2.24, 2.45) is 0 Å². The third-order valence-electron chi connectivity index (χ3n) is 2.73. The van der Waals surface area contributed by atoms with Crippen LogP contribution in [-0.4, -0.2) is 19.8 Å². The standard InChI is InChI=1S/C12H16OS2/c1-12(14-8-5-9-15(12)13)10-11-6-3-2-4-7-11/h2-4,6-7H,5,8-10H2,1H3. The molecule has 1 heterocycles. The third kappa shape index (κ3) is 2.64. The molecule has 2 unspecified atom stereocenters. The Morgan fingerprint density at radius 3 is 2.80 bits per heavy atom. The summed E-state index contributed by atoms with van der Waals surface area (Å²) in [4.78, 5) is 0. The molecule has 0 saturated carbocycles. The van der Waals surface area contributed by atoms with Gasteiger partial charge in [0, 0.05) is 16.6 Å². The summed E-state index contributed by atoms with van der Waals surface area (Å²) in [6.07, 6.45) is 2.02. The molecule has 2 rings (SSSR count). The highest BCUT2D eigenvalue weighted by molar-refractivity contribution is 8.13. The lowest BCUT2D eigenvalue weighted by atomic mass is 10.1. The van der Waals surface area contributed by atoms with Crippen molar-refractivity contribution in [2.45, 2.75) is 23.8 Å². The van der Waals surface area contributed by atoms with E-state index in [1.165, 1.54) is 5.56 Å². The highest BCUT2D eigenvalue weighted by Crippen LogP contribution is 2.36. The topological polar surface area (TPSA) is 17.1 Å². The van der Waals surface area contributed by atoms with E-state index in [4.69, 9.17) is 0 Å². The summed E-state index contributed by atoms with van der Waals surface area (Å²) in [6.45, 7) is 2.14. The van der Waals surface area contributed by atoms with E-state index in [1.807, 2.05) is 17.8 Å². The molecule has 82 valence electrons. The predicted octanol–water partition coefficient (Wildman–Crippen LogP) is 2.83. The normalized spacial score (nSPS) is 31.4. The van der Waals surface area contributed by atoms with E-state index in [0.717, 1.165) is 24.3 Å². The summed E-state index contributed by atoms with van der Waals surface area (Å²) in [5, 5.41) is 0. The van der Waals surface area contributed by atoms with Crippen molar-refractivity contribution in [1.82, 2.24) is 0 Å². The zero-order chi connectivity index (χ0) is 10.7. The van der Waals surface area contributed by atoms with E-state index in [9.17, 15) is 4.21 Å². The van der Waals surface area contributed by atoms with Crippen LogP contribution in [-0.2, 0) is 17.2 Å². The molecule has 1 aromatic rings. The summed E-state index contributed by atoms with van der Waals surface area (Å²) in [5.41, 5.74) is 1.29. The molecule has 0 bridgehead atoms. The van der Waals surface area contributed by atoms with E-state index in [2.05, 4.69) is 31.2 Å². The number of hydrogen-bond acceptors (Lipinski definition) is 2. The maximum atomic E-state index is 12.0. The molecule has 0 aliphatic carbocycles. The van der Waals surface area contributed by atoms with Crippen LogP contribution < -0.4 is 0 Å². The van der Waals surface area contributed by atoms with Crippen molar-refractivity contribution in [3.63, 3.8) is 0 Å². The number of hydrogen-bond donors (Lipinski definition) is 0. The summed E-state index contributed by atoms with van der Waals surface area (Å²) < 4.78 is 11.9. The number of rotatable bonds is 2. The Balaban J connectivity index is 2.13. The average molecular weight is 240 g/mol. The van der Waals surface area contributed by atoms with Gasteiger partial charge in [-0.25, -0.2) is 0 Å². The first-order valence-electron chi connectivity index (χ1n) is 5.27. The maximum absolute atomic E-state index is 12.0. The van der Waals surface area contributed by atoms with Gasteiger partial charge in [0.15, 0.2) is 0 Å². The van der Waals surface area contributed by atoms with Gasteiger partial charge in [-0.15, -0.1) is 11.8 Å². The first-order valence-corrected chi connectivity index (χ1v) is 7.57. The number of benzene rings is 1. The number of thioether (sulfide) groups is 1. The SMILES string of the molecule is CC1(Cc2ccccc2)SCCCS1=O. The van der Waals surface area contributed by atoms with Crippen LogP contribution in [0.3, 0.4) is 0 Å². The smallest absolute Gasteiger partial charge is 0.0920 e. The lowest BCUT2D eigenvalue weighted by molar-refractivity contribution is 0.661. The Morgan fingerprint density at radius 2 is 2.13 bits per heavy atom. The van der Waals surface area contributed by atoms with Crippen molar-refractivity contribution >= 4 is 22.6 Å². The van der Waals surface area contributed by atoms with Crippen LogP contribution in [0.2, 0.25) is 0 Å². The molecule has 15 heavy (non-hydrogen) atoms.